The molecule has 1 aromatic carbocycles. The summed E-state index contributed by atoms with van der Waals surface area (Å²) in [6, 6.07) is 3.97. The van der Waals surface area contributed by atoms with E-state index in [1.54, 1.807) is 6.20 Å². The van der Waals surface area contributed by atoms with Gasteiger partial charge in [-0.25, -0.2) is 0 Å². The van der Waals surface area contributed by atoms with Crippen LogP contribution in [0.4, 0.5) is 11.4 Å². The van der Waals surface area contributed by atoms with Crippen LogP contribution in [0.3, 0.4) is 0 Å². The van der Waals surface area contributed by atoms with E-state index in [1.165, 1.54) is 0 Å². The summed E-state index contributed by atoms with van der Waals surface area (Å²) < 4.78 is 2.83. The second-order valence-electron chi connectivity index (χ2n) is 7.82. The number of amides is 2. The number of rotatable bonds is 7. The minimum atomic E-state index is -0.587. The number of hydrogen-bond donors (Lipinski definition) is 1. The normalized spacial score (nSPS) is 15.0. The molecule has 0 bridgehead atoms. The Bertz CT molecular complexity index is 904. The molecule has 2 amide bonds. The predicted molar refractivity (Wildman–Crippen MR) is 112 cm³/mol. The molecule has 1 aliphatic heterocycles. The Morgan fingerprint density at radius 1 is 1.32 bits per heavy atom. The fraction of sp³-hybridized carbons (Fsp3) is 0.476. The number of hydrogen-bond acceptors (Lipinski definition) is 3. The molecule has 2 aromatic rings. The Kier molecular flexibility index (Phi) is 5.99. The number of unbranched alkanes of at least 4 members (excludes halogenated alkanes) is 1. The summed E-state index contributed by atoms with van der Waals surface area (Å²) in [5.41, 5.74) is 2.10. The molecule has 7 heteroatoms. The van der Waals surface area contributed by atoms with Crippen molar-refractivity contribution in [3.63, 3.8) is 0 Å². The fourth-order valence-electron chi connectivity index (χ4n) is 3.58. The van der Waals surface area contributed by atoms with Gasteiger partial charge in [0.15, 0.2) is 0 Å². The van der Waals surface area contributed by atoms with Gasteiger partial charge >= 0.3 is 175 Å². The third-order valence-corrected chi connectivity index (χ3v) is 6.14. The third-order valence-electron chi connectivity index (χ3n) is 5.36. The van der Waals surface area contributed by atoms with Crippen LogP contribution in [0, 0.1) is 0 Å². The monoisotopic (exact) mass is 442 g/mol. The van der Waals surface area contributed by atoms with Crippen LogP contribution in [0.25, 0.3) is 0 Å². The predicted octanol–water partition coefficient (Wildman–Crippen LogP) is 2.21. The number of imidazole rings is 1. The molecule has 28 heavy (non-hydrogen) atoms. The quantitative estimate of drug-likeness (QED) is 0.669. The summed E-state index contributed by atoms with van der Waals surface area (Å²) >= 11 is 2.50. The Balaban J connectivity index is 1.79. The zero-order chi connectivity index (χ0) is 20.5. The van der Waals surface area contributed by atoms with E-state index in [4.69, 9.17) is 0 Å². The summed E-state index contributed by atoms with van der Waals surface area (Å²) in [5.74, 6) is 0.955. The number of nitrogens with one attached hydrogen (secondary N) is 1. The van der Waals surface area contributed by atoms with E-state index in [-0.39, 0.29) is 11.8 Å². The maximum atomic E-state index is 12.9. The van der Waals surface area contributed by atoms with Gasteiger partial charge < -0.3 is 0 Å². The number of nitrogens with zero attached hydrogens (tertiary/aromatic N) is 3. The van der Waals surface area contributed by atoms with Gasteiger partial charge in [-0.15, -0.1) is 0 Å². The minimum absolute atomic E-state index is 0.0554. The van der Waals surface area contributed by atoms with E-state index >= 15 is 0 Å². The van der Waals surface area contributed by atoms with Crippen LogP contribution in [-0.2, 0) is 28.5 Å². The maximum absolute atomic E-state index is 12.9. The number of aromatic nitrogens is 2. The molecule has 0 atom stereocenters. The van der Waals surface area contributed by atoms with Crippen LogP contribution >= 0.6 is 0 Å². The van der Waals surface area contributed by atoms with Gasteiger partial charge in [-0.1, -0.05) is 0 Å². The first kappa shape index (κ1) is 20.7. The second-order valence-corrected chi connectivity index (χ2v) is 8.84. The van der Waals surface area contributed by atoms with Crippen molar-refractivity contribution < 1.29 is 9.59 Å². The zero-order valence-electron chi connectivity index (χ0n) is 17.0. The van der Waals surface area contributed by atoms with Gasteiger partial charge in [-0.3, -0.25) is 0 Å². The van der Waals surface area contributed by atoms with Gasteiger partial charge in [0.05, 0.1) is 0 Å². The molecule has 6 nitrogen and oxygen atoms in total. The van der Waals surface area contributed by atoms with Crippen molar-refractivity contribution in [3.05, 3.63) is 35.9 Å². The van der Waals surface area contributed by atoms with E-state index in [1.807, 2.05) is 48.7 Å². The van der Waals surface area contributed by atoms with Crippen LogP contribution in [0.2, 0.25) is 0 Å². The molecule has 148 valence electrons. The van der Waals surface area contributed by atoms with Crippen LogP contribution in [0.1, 0.15) is 51.4 Å². The standard InChI is InChI=1S/C21H27AsN4O2/c1-5-6-10-26-17-13-15(22)16(12-14(17)21(2,3)20(26)28)24-19(27)8-7-18-23-9-11-25(18)4/h9,11-13H,5-8,10H2,1-4H3,(H,24,27). The molecule has 0 unspecified atom stereocenters. The second kappa shape index (κ2) is 8.12. The van der Waals surface area contributed by atoms with Crippen LogP contribution in [0.15, 0.2) is 24.5 Å². The molecule has 0 aliphatic carbocycles. The van der Waals surface area contributed by atoms with Gasteiger partial charge in [0.2, 0.25) is 0 Å². The Hall–Kier alpha value is -2.07. The first-order chi connectivity index (χ1) is 13.3. The molecule has 2 radical (unpaired) electrons. The number of carbonyl (C=O) groups is 2. The van der Waals surface area contributed by atoms with Crippen molar-refractivity contribution in [1.29, 1.82) is 0 Å². The summed E-state index contributed by atoms with van der Waals surface area (Å²) in [5, 5.41) is 3.01. The van der Waals surface area contributed by atoms with Gasteiger partial charge in [0.25, 0.3) is 0 Å². The molecule has 1 aliphatic rings. The molecule has 2 heterocycles. The Morgan fingerprint density at radius 3 is 2.71 bits per heavy atom. The summed E-state index contributed by atoms with van der Waals surface area (Å²) in [6.45, 7) is 6.76. The molecule has 1 N–H and O–H groups in total. The van der Waals surface area contributed by atoms with Crippen molar-refractivity contribution in [2.24, 2.45) is 7.05 Å². The molecule has 1 aromatic heterocycles. The number of fused-ring (bicyclic) bond motifs is 1. The van der Waals surface area contributed by atoms with Crippen molar-refractivity contribution in [2.45, 2.75) is 51.9 Å². The first-order valence-electron chi connectivity index (χ1n) is 9.71. The van der Waals surface area contributed by atoms with Crippen molar-refractivity contribution in [1.82, 2.24) is 9.55 Å². The molecule has 0 spiro atoms. The molecule has 0 fully saturated rings. The van der Waals surface area contributed by atoms with Crippen molar-refractivity contribution >= 4 is 44.4 Å². The third kappa shape index (κ3) is 3.88. The summed E-state index contributed by atoms with van der Waals surface area (Å²) in [6.07, 6.45) is 6.57. The van der Waals surface area contributed by atoms with Gasteiger partial charge in [0, 0.05) is 0 Å². The van der Waals surface area contributed by atoms with E-state index in [2.05, 4.69) is 34.1 Å². The van der Waals surface area contributed by atoms with Crippen LogP contribution in [0.5, 0.6) is 0 Å². The fourth-order valence-corrected chi connectivity index (χ4v) is 4.09. The Labute approximate surface area is 175 Å². The van der Waals surface area contributed by atoms with E-state index < -0.39 is 5.41 Å². The van der Waals surface area contributed by atoms with Crippen molar-refractivity contribution in [2.75, 3.05) is 16.8 Å². The molecular formula is C21H27AsN4O2. The topological polar surface area (TPSA) is 67.2 Å². The molecule has 0 saturated heterocycles. The summed E-state index contributed by atoms with van der Waals surface area (Å²) in [7, 11) is 1.92. The van der Waals surface area contributed by atoms with Crippen LogP contribution < -0.4 is 14.6 Å². The number of benzene rings is 1. The average Bonchev–Trinajstić information content (AvgIpc) is 3.13. The number of carbonyl (C=O) groups excluding carboxylic acids is 2. The molecule has 3 rings (SSSR count). The summed E-state index contributed by atoms with van der Waals surface area (Å²) in [4.78, 5) is 31.5. The van der Waals surface area contributed by atoms with Crippen molar-refractivity contribution in [3.8, 4) is 0 Å². The SMILES string of the molecule is CCCCN1C(=O)C(C)(C)c2cc(NC(=O)CCc3nccn3C)c([As])cc21. The molecular weight excluding hydrogens is 415 g/mol. The van der Waals surface area contributed by atoms with Gasteiger partial charge in [-0.05, 0) is 0 Å². The van der Waals surface area contributed by atoms with Gasteiger partial charge in [-0.2, -0.15) is 0 Å². The molecule has 0 saturated carbocycles. The average molecular weight is 442 g/mol. The number of aryl methyl sites for hydroxylation is 2. The van der Waals surface area contributed by atoms with Gasteiger partial charge in [0.1, 0.15) is 0 Å². The zero-order valence-corrected chi connectivity index (χ0v) is 18.8. The first-order valence-corrected chi connectivity index (χ1v) is 10.6. The van der Waals surface area contributed by atoms with E-state index in [0.29, 0.717) is 12.8 Å². The van der Waals surface area contributed by atoms with Crippen LogP contribution in [-0.4, -0.2) is 44.8 Å². The Morgan fingerprint density at radius 2 is 2.07 bits per heavy atom. The van der Waals surface area contributed by atoms with E-state index in [9.17, 15) is 9.59 Å². The number of anilines is 2. The van der Waals surface area contributed by atoms with E-state index in [0.717, 1.165) is 46.5 Å².